The van der Waals surface area contributed by atoms with Crippen LogP contribution in [-0.2, 0) is 6.54 Å². The van der Waals surface area contributed by atoms with E-state index in [2.05, 4.69) is 10.6 Å². The van der Waals surface area contributed by atoms with E-state index in [0.717, 1.165) is 35.7 Å². The van der Waals surface area contributed by atoms with Crippen molar-refractivity contribution in [2.75, 3.05) is 5.32 Å². The molecule has 0 spiro atoms. The zero-order valence-corrected chi connectivity index (χ0v) is 14.8. The molecule has 6 nitrogen and oxygen atoms in total. The Morgan fingerprint density at radius 3 is 2.73 bits per heavy atom. The fourth-order valence-electron chi connectivity index (χ4n) is 2.53. The number of aryl methyl sites for hydroxylation is 1. The molecule has 2 aromatic rings. The van der Waals surface area contributed by atoms with Gasteiger partial charge in [-0.2, -0.15) is 0 Å². The number of carbonyl (C=O) groups is 1. The van der Waals surface area contributed by atoms with E-state index in [0.29, 0.717) is 23.8 Å². The first kappa shape index (κ1) is 17.7. The van der Waals surface area contributed by atoms with Gasteiger partial charge in [0, 0.05) is 16.9 Å². The predicted octanol–water partition coefficient (Wildman–Crippen LogP) is 2.98. The summed E-state index contributed by atoms with van der Waals surface area (Å²) in [4.78, 5) is 12.3. The smallest absolute Gasteiger partial charge is 0.251 e. The number of nitrogens with two attached hydrogens (primary N) is 2. The first-order valence-electron chi connectivity index (χ1n) is 8.64. The molecule has 1 aliphatic rings. The second-order valence-electron chi connectivity index (χ2n) is 6.46. The minimum absolute atomic E-state index is 0.178. The van der Waals surface area contributed by atoms with Crippen LogP contribution in [0.2, 0.25) is 0 Å². The summed E-state index contributed by atoms with van der Waals surface area (Å²) in [5, 5.41) is 5.91. The van der Waals surface area contributed by atoms with E-state index in [1.807, 2.05) is 31.2 Å². The van der Waals surface area contributed by atoms with Crippen molar-refractivity contribution in [1.29, 1.82) is 0 Å². The lowest BCUT2D eigenvalue weighted by atomic mass is 10.2. The van der Waals surface area contributed by atoms with Gasteiger partial charge in [-0.15, -0.1) is 0 Å². The van der Waals surface area contributed by atoms with Crippen LogP contribution in [0.15, 0.2) is 64.5 Å². The quantitative estimate of drug-likeness (QED) is 0.573. The number of allylic oxidation sites excluding steroid dienone is 3. The maximum absolute atomic E-state index is 12.3. The maximum atomic E-state index is 12.3. The number of hydrogen-bond donors (Lipinski definition) is 4. The molecule has 0 saturated heterocycles. The largest absolute Gasteiger partial charge is 0.465 e. The summed E-state index contributed by atoms with van der Waals surface area (Å²) >= 11 is 0. The van der Waals surface area contributed by atoms with Crippen molar-refractivity contribution in [2.45, 2.75) is 26.3 Å². The lowest BCUT2D eigenvalue weighted by Crippen LogP contribution is -2.22. The first-order chi connectivity index (χ1) is 12.5. The summed E-state index contributed by atoms with van der Waals surface area (Å²) in [5.74, 6) is 2.33. The first-order valence-corrected chi connectivity index (χ1v) is 8.64. The average Bonchev–Trinajstić information content (AvgIpc) is 3.40. The molecular weight excluding hydrogens is 328 g/mol. The molecule has 1 saturated carbocycles. The van der Waals surface area contributed by atoms with Crippen LogP contribution in [0, 0.1) is 12.8 Å². The molecule has 1 amide bonds. The van der Waals surface area contributed by atoms with Gasteiger partial charge in [0.15, 0.2) is 0 Å². The molecule has 0 unspecified atom stereocenters. The second-order valence-corrected chi connectivity index (χ2v) is 6.46. The van der Waals surface area contributed by atoms with Gasteiger partial charge in [-0.05, 0) is 68.2 Å². The van der Waals surface area contributed by atoms with Crippen molar-refractivity contribution in [1.82, 2.24) is 5.32 Å². The standard InChI is InChI=1S/C20H24N4O2/c1-13-5-8-17(26-13)12-23-20(25)15-3-2-4-16(11-15)24-19(22)10-9-18(21)14-6-7-14/h2-5,8-11,14,24H,6-7,12,21-22H2,1H3,(H,23,25)/b18-9-,19-10+. The Bertz CT molecular complexity index is 847. The van der Waals surface area contributed by atoms with E-state index in [9.17, 15) is 4.79 Å². The van der Waals surface area contributed by atoms with Gasteiger partial charge in [0.2, 0.25) is 0 Å². The molecular formula is C20H24N4O2. The van der Waals surface area contributed by atoms with Crippen molar-refractivity contribution in [3.63, 3.8) is 0 Å². The highest BCUT2D eigenvalue weighted by molar-refractivity contribution is 5.95. The number of anilines is 1. The van der Waals surface area contributed by atoms with E-state index < -0.39 is 0 Å². The van der Waals surface area contributed by atoms with Gasteiger partial charge in [0.05, 0.1) is 6.54 Å². The number of furan rings is 1. The molecule has 0 bridgehead atoms. The highest BCUT2D eigenvalue weighted by atomic mass is 16.3. The molecule has 6 N–H and O–H groups in total. The summed E-state index contributed by atoms with van der Waals surface area (Å²) in [6, 6.07) is 10.9. The fourth-order valence-corrected chi connectivity index (χ4v) is 2.53. The zero-order valence-electron chi connectivity index (χ0n) is 14.8. The number of amides is 1. The second kappa shape index (κ2) is 7.82. The summed E-state index contributed by atoms with van der Waals surface area (Å²) in [7, 11) is 0. The molecule has 0 radical (unpaired) electrons. The molecule has 1 aromatic heterocycles. The lowest BCUT2D eigenvalue weighted by Gasteiger charge is -2.09. The van der Waals surface area contributed by atoms with Gasteiger partial charge in [0.25, 0.3) is 5.91 Å². The summed E-state index contributed by atoms with van der Waals surface area (Å²) in [6.07, 6.45) is 5.89. The van der Waals surface area contributed by atoms with Gasteiger partial charge in [0.1, 0.15) is 17.3 Å². The highest BCUT2D eigenvalue weighted by Gasteiger charge is 2.23. The van der Waals surface area contributed by atoms with E-state index >= 15 is 0 Å². The van der Waals surface area contributed by atoms with Crippen LogP contribution in [0.1, 0.15) is 34.7 Å². The van der Waals surface area contributed by atoms with Crippen LogP contribution in [0.3, 0.4) is 0 Å². The summed E-state index contributed by atoms with van der Waals surface area (Å²) in [6.45, 7) is 2.21. The number of hydrogen-bond acceptors (Lipinski definition) is 5. The number of benzene rings is 1. The lowest BCUT2D eigenvalue weighted by molar-refractivity contribution is 0.0948. The van der Waals surface area contributed by atoms with Crippen LogP contribution >= 0.6 is 0 Å². The molecule has 136 valence electrons. The molecule has 1 aromatic carbocycles. The van der Waals surface area contributed by atoms with E-state index in [1.165, 1.54) is 0 Å². The molecule has 0 aliphatic heterocycles. The molecule has 1 heterocycles. The Morgan fingerprint density at radius 2 is 2.04 bits per heavy atom. The van der Waals surface area contributed by atoms with Gasteiger partial charge in [-0.3, -0.25) is 4.79 Å². The Hall–Kier alpha value is -3.15. The molecule has 1 aliphatic carbocycles. The van der Waals surface area contributed by atoms with Crippen molar-refractivity contribution < 1.29 is 9.21 Å². The van der Waals surface area contributed by atoms with Crippen molar-refractivity contribution in [2.24, 2.45) is 17.4 Å². The minimum Gasteiger partial charge on any atom is -0.465 e. The van der Waals surface area contributed by atoms with Gasteiger partial charge >= 0.3 is 0 Å². The molecule has 0 atom stereocenters. The monoisotopic (exact) mass is 352 g/mol. The number of rotatable bonds is 7. The third kappa shape index (κ3) is 4.92. The third-order valence-electron chi connectivity index (χ3n) is 4.14. The summed E-state index contributed by atoms with van der Waals surface area (Å²) in [5.41, 5.74) is 14.0. The van der Waals surface area contributed by atoms with Crippen LogP contribution in [-0.4, -0.2) is 5.91 Å². The number of nitrogens with one attached hydrogen (secondary N) is 2. The normalized spacial score (nSPS) is 15.0. The predicted molar refractivity (Wildman–Crippen MR) is 102 cm³/mol. The van der Waals surface area contributed by atoms with Crippen LogP contribution < -0.4 is 22.1 Å². The zero-order chi connectivity index (χ0) is 18.5. The van der Waals surface area contributed by atoms with E-state index in [4.69, 9.17) is 15.9 Å². The molecule has 1 fully saturated rings. The van der Waals surface area contributed by atoms with Gasteiger partial charge in [-0.25, -0.2) is 0 Å². The van der Waals surface area contributed by atoms with Crippen molar-refractivity contribution >= 4 is 11.6 Å². The third-order valence-corrected chi connectivity index (χ3v) is 4.14. The van der Waals surface area contributed by atoms with E-state index in [1.54, 1.807) is 24.3 Å². The number of carbonyl (C=O) groups excluding carboxylic acids is 1. The Kier molecular flexibility index (Phi) is 5.31. The van der Waals surface area contributed by atoms with Crippen LogP contribution in [0.5, 0.6) is 0 Å². The topological polar surface area (TPSA) is 106 Å². The van der Waals surface area contributed by atoms with Crippen LogP contribution in [0.4, 0.5) is 5.69 Å². The van der Waals surface area contributed by atoms with Gasteiger partial charge in [-0.1, -0.05) is 6.07 Å². The van der Waals surface area contributed by atoms with Crippen molar-refractivity contribution in [3.8, 4) is 0 Å². The highest BCUT2D eigenvalue weighted by Crippen LogP contribution is 2.33. The summed E-state index contributed by atoms with van der Waals surface area (Å²) < 4.78 is 5.45. The molecule has 3 rings (SSSR count). The molecule has 26 heavy (non-hydrogen) atoms. The van der Waals surface area contributed by atoms with Crippen LogP contribution in [0.25, 0.3) is 0 Å². The average molecular weight is 352 g/mol. The van der Waals surface area contributed by atoms with E-state index in [-0.39, 0.29) is 5.91 Å². The molecule has 6 heteroatoms. The minimum atomic E-state index is -0.178. The fraction of sp³-hybridized carbons (Fsp3) is 0.250. The maximum Gasteiger partial charge on any atom is 0.251 e. The Morgan fingerprint density at radius 1 is 1.23 bits per heavy atom. The van der Waals surface area contributed by atoms with Gasteiger partial charge < -0.3 is 26.5 Å². The Labute approximate surface area is 152 Å². The SMILES string of the molecule is Cc1ccc(CNC(=O)c2cccc(N/C(N)=C/C=C(\N)C3CC3)c2)o1. The Balaban J connectivity index is 1.59. The van der Waals surface area contributed by atoms with Crippen molar-refractivity contribution in [3.05, 3.63) is 77.2 Å².